The van der Waals surface area contributed by atoms with Gasteiger partial charge in [-0.25, -0.2) is 4.98 Å². The van der Waals surface area contributed by atoms with E-state index in [2.05, 4.69) is 26.8 Å². The molecule has 1 aliphatic rings. The van der Waals surface area contributed by atoms with Crippen molar-refractivity contribution in [1.82, 2.24) is 15.0 Å². The SMILES string of the molecule is Cc1cc2c(c(N)n1)N(C)C(C)c1nccnc1-2. The summed E-state index contributed by atoms with van der Waals surface area (Å²) in [6.45, 7) is 4.03. The second-order valence-electron chi connectivity index (χ2n) is 4.62. The molecule has 1 aliphatic heterocycles. The predicted molar refractivity (Wildman–Crippen MR) is 71.2 cm³/mol. The van der Waals surface area contributed by atoms with Crippen LogP contribution in [0.15, 0.2) is 18.5 Å². The lowest BCUT2D eigenvalue weighted by Gasteiger charge is -2.34. The zero-order valence-corrected chi connectivity index (χ0v) is 10.7. The zero-order chi connectivity index (χ0) is 12.9. The van der Waals surface area contributed by atoms with Crippen molar-refractivity contribution in [3.63, 3.8) is 0 Å². The number of anilines is 2. The molecule has 0 aliphatic carbocycles. The van der Waals surface area contributed by atoms with Gasteiger partial charge < -0.3 is 10.6 Å². The van der Waals surface area contributed by atoms with E-state index >= 15 is 0 Å². The smallest absolute Gasteiger partial charge is 0.148 e. The van der Waals surface area contributed by atoms with Gasteiger partial charge in [-0.1, -0.05) is 0 Å². The summed E-state index contributed by atoms with van der Waals surface area (Å²) in [7, 11) is 2.01. The van der Waals surface area contributed by atoms with E-state index in [1.165, 1.54) is 0 Å². The van der Waals surface area contributed by atoms with Gasteiger partial charge >= 0.3 is 0 Å². The lowest BCUT2D eigenvalue weighted by Crippen LogP contribution is -2.29. The fourth-order valence-electron chi connectivity index (χ4n) is 2.48. The van der Waals surface area contributed by atoms with Crippen LogP contribution in [0.25, 0.3) is 11.3 Å². The molecule has 18 heavy (non-hydrogen) atoms. The van der Waals surface area contributed by atoms with Crippen molar-refractivity contribution in [2.45, 2.75) is 19.9 Å². The number of fused-ring (bicyclic) bond motifs is 3. The molecule has 5 heteroatoms. The van der Waals surface area contributed by atoms with Crippen LogP contribution in [0.5, 0.6) is 0 Å². The first-order valence-electron chi connectivity index (χ1n) is 5.91. The third-order valence-corrected chi connectivity index (χ3v) is 3.46. The number of aryl methyl sites for hydroxylation is 1. The molecule has 3 rings (SSSR count). The van der Waals surface area contributed by atoms with Crippen molar-refractivity contribution in [3.05, 3.63) is 29.8 Å². The number of hydrogen-bond donors (Lipinski definition) is 1. The Morgan fingerprint density at radius 1 is 1.28 bits per heavy atom. The molecule has 0 radical (unpaired) electrons. The van der Waals surface area contributed by atoms with Gasteiger partial charge in [0, 0.05) is 30.7 Å². The molecule has 3 heterocycles. The van der Waals surface area contributed by atoms with Crippen LogP contribution < -0.4 is 10.6 Å². The molecule has 2 aromatic heterocycles. The Labute approximate surface area is 106 Å². The van der Waals surface area contributed by atoms with Crippen LogP contribution in [0.1, 0.15) is 24.4 Å². The van der Waals surface area contributed by atoms with Crippen LogP contribution in [0.3, 0.4) is 0 Å². The largest absolute Gasteiger partial charge is 0.382 e. The van der Waals surface area contributed by atoms with Gasteiger partial charge in [0.15, 0.2) is 0 Å². The number of nitrogens with two attached hydrogens (primary N) is 1. The van der Waals surface area contributed by atoms with Gasteiger partial charge in [0.25, 0.3) is 0 Å². The molecule has 0 spiro atoms. The molecular weight excluding hydrogens is 226 g/mol. The van der Waals surface area contributed by atoms with E-state index in [4.69, 9.17) is 5.73 Å². The molecule has 5 nitrogen and oxygen atoms in total. The minimum absolute atomic E-state index is 0.146. The first-order chi connectivity index (χ1) is 8.59. The monoisotopic (exact) mass is 241 g/mol. The summed E-state index contributed by atoms with van der Waals surface area (Å²) >= 11 is 0. The zero-order valence-electron chi connectivity index (χ0n) is 10.7. The lowest BCUT2D eigenvalue weighted by molar-refractivity contribution is 0.700. The molecule has 0 aromatic carbocycles. The van der Waals surface area contributed by atoms with Gasteiger partial charge in [0.05, 0.1) is 23.1 Å². The molecule has 92 valence electrons. The van der Waals surface area contributed by atoms with E-state index in [1.807, 2.05) is 20.0 Å². The number of rotatable bonds is 0. The number of nitrogens with zero attached hydrogens (tertiary/aromatic N) is 4. The van der Waals surface area contributed by atoms with Gasteiger partial charge in [-0.15, -0.1) is 0 Å². The van der Waals surface area contributed by atoms with E-state index in [0.717, 1.165) is 28.3 Å². The summed E-state index contributed by atoms with van der Waals surface area (Å²) < 4.78 is 0. The van der Waals surface area contributed by atoms with Crippen molar-refractivity contribution < 1.29 is 0 Å². The molecule has 2 N–H and O–H groups in total. The number of pyridine rings is 1. The van der Waals surface area contributed by atoms with Crippen LogP contribution in [-0.2, 0) is 0 Å². The second kappa shape index (κ2) is 3.66. The molecule has 0 saturated carbocycles. The van der Waals surface area contributed by atoms with E-state index in [-0.39, 0.29) is 6.04 Å². The molecule has 0 fully saturated rings. The van der Waals surface area contributed by atoms with E-state index in [0.29, 0.717) is 5.82 Å². The van der Waals surface area contributed by atoms with Crippen LogP contribution in [-0.4, -0.2) is 22.0 Å². The summed E-state index contributed by atoms with van der Waals surface area (Å²) in [5.74, 6) is 0.552. The summed E-state index contributed by atoms with van der Waals surface area (Å²) in [4.78, 5) is 15.3. The van der Waals surface area contributed by atoms with Crippen molar-refractivity contribution in [1.29, 1.82) is 0 Å². The van der Waals surface area contributed by atoms with Gasteiger partial charge in [-0.05, 0) is 19.9 Å². The quantitative estimate of drug-likeness (QED) is 0.763. The van der Waals surface area contributed by atoms with Crippen molar-refractivity contribution in [2.24, 2.45) is 0 Å². The topological polar surface area (TPSA) is 67.9 Å². The van der Waals surface area contributed by atoms with Gasteiger partial charge in [-0.3, -0.25) is 9.97 Å². The Morgan fingerprint density at radius 3 is 2.78 bits per heavy atom. The van der Waals surface area contributed by atoms with Crippen molar-refractivity contribution >= 4 is 11.5 Å². The standard InChI is InChI=1S/C13H15N5/c1-7-6-9-11-10(15-4-5-16-11)8(2)18(3)12(9)13(14)17-7/h4-6,8H,1-3H3,(H2,14,17). The first-order valence-corrected chi connectivity index (χ1v) is 5.91. The van der Waals surface area contributed by atoms with Crippen LogP contribution in [0.4, 0.5) is 11.5 Å². The van der Waals surface area contributed by atoms with Crippen molar-refractivity contribution in [3.8, 4) is 11.3 Å². The molecule has 0 bridgehead atoms. The van der Waals surface area contributed by atoms with E-state index in [1.54, 1.807) is 12.4 Å². The maximum absolute atomic E-state index is 6.05. The lowest BCUT2D eigenvalue weighted by atomic mass is 9.97. The van der Waals surface area contributed by atoms with Gasteiger partial charge in [0.2, 0.25) is 0 Å². The highest BCUT2D eigenvalue weighted by Gasteiger charge is 2.30. The maximum atomic E-state index is 6.05. The Hall–Kier alpha value is -2.17. The average Bonchev–Trinajstić information content (AvgIpc) is 2.35. The Morgan fingerprint density at radius 2 is 2.00 bits per heavy atom. The van der Waals surface area contributed by atoms with E-state index < -0.39 is 0 Å². The molecule has 0 amide bonds. The van der Waals surface area contributed by atoms with E-state index in [9.17, 15) is 0 Å². The fraction of sp³-hybridized carbons (Fsp3) is 0.308. The summed E-state index contributed by atoms with van der Waals surface area (Å²) in [5.41, 5.74) is 10.8. The third-order valence-electron chi connectivity index (χ3n) is 3.46. The third kappa shape index (κ3) is 1.37. The minimum atomic E-state index is 0.146. The van der Waals surface area contributed by atoms with Crippen LogP contribution >= 0.6 is 0 Å². The fourth-order valence-corrected chi connectivity index (χ4v) is 2.48. The average molecular weight is 241 g/mol. The summed E-state index contributed by atoms with van der Waals surface area (Å²) in [6.07, 6.45) is 3.44. The Balaban J connectivity index is 2.37. The highest BCUT2D eigenvalue weighted by Crippen LogP contribution is 2.44. The minimum Gasteiger partial charge on any atom is -0.382 e. The number of nitrogen functional groups attached to an aromatic ring is 1. The summed E-state index contributed by atoms with van der Waals surface area (Å²) in [6, 6.07) is 2.16. The molecular formula is C13H15N5. The predicted octanol–water partition coefficient (Wildman–Crippen LogP) is 1.94. The Bertz CT molecular complexity index is 623. The number of aromatic nitrogens is 3. The normalized spacial score (nSPS) is 17.3. The number of hydrogen-bond acceptors (Lipinski definition) is 5. The highest BCUT2D eigenvalue weighted by molar-refractivity contribution is 5.87. The Kier molecular flexibility index (Phi) is 2.23. The van der Waals surface area contributed by atoms with Gasteiger partial charge in [0.1, 0.15) is 5.82 Å². The van der Waals surface area contributed by atoms with Crippen LogP contribution in [0.2, 0.25) is 0 Å². The van der Waals surface area contributed by atoms with Crippen LogP contribution in [0, 0.1) is 6.92 Å². The maximum Gasteiger partial charge on any atom is 0.148 e. The molecule has 1 atom stereocenters. The summed E-state index contributed by atoms with van der Waals surface area (Å²) in [5, 5.41) is 0. The van der Waals surface area contributed by atoms with Gasteiger partial charge in [-0.2, -0.15) is 0 Å². The van der Waals surface area contributed by atoms with Crippen molar-refractivity contribution in [2.75, 3.05) is 17.7 Å². The second-order valence-corrected chi connectivity index (χ2v) is 4.62. The highest BCUT2D eigenvalue weighted by atomic mass is 15.2. The molecule has 0 saturated heterocycles. The molecule has 2 aromatic rings. The first kappa shape index (κ1) is 11.0. The molecule has 1 unspecified atom stereocenters.